The Hall–Kier alpha value is -3.99. The van der Waals surface area contributed by atoms with Gasteiger partial charge in [0.25, 0.3) is 5.91 Å². The SMILES string of the molecule is O=C(N/N=C/c1c(OCc2ccc(F)cc2)ccc2ccccc12)c1ccccc1. The first-order chi connectivity index (χ1) is 14.7. The molecule has 4 aromatic rings. The minimum atomic E-state index is -0.291. The summed E-state index contributed by atoms with van der Waals surface area (Å²) in [5.74, 6) is 0.0445. The van der Waals surface area contributed by atoms with Gasteiger partial charge >= 0.3 is 0 Å². The van der Waals surface area contributed by atoms with Crippen LogP contribution < -0.4 is 10.2 Å². The van der Waals surface area contributed by atoms with Gasteiger partial charge in [0.15, 0.2) is 0 Å². The number of nitrogens with zero attached hydrogens (tertiary/aromatic N) is 1. The summed E-state index contributed by atoms with van der Waals surface area (Å²) in [4.78, 5) is 12.2. The number of fused-ring (bicyclic) bond motifs is 1. The third-order valence-corrected chi connectivity index (χ3v) is 4.63. The molecular formula is C25H19FN2O2. The fourth-order valence-electron chi connectivity index (χ4n) is 3.09. The summed E-state index contributed by atoms with van der Waals surface area (Å²) in [6.07, 6.45) is 1.59. The Balaban J connectivity index is 1.58. The van der Waals surface area contributed by atoms with Gasteiger partial charge in [-0.25, -0.2) is 9.82 Å². The van der Waals surface area contributed by atoms with Gasteiger partial charge in [-0.15, -0.1) is 0 Å². The number of hydrogen-bond donors (Lipinski definition) is 1. The Morgan fingerprint density at radius 1 is 0.900 bits per heavy atom. The summed E-state index contributed by atoms with van der Waals surface area (Å²) < 4.78 is 19.1. The molecule has 0 spiro atoms. The van der Waals surface area contributed by atoms with Crippen LogP contribution in [0.15, 0.2) is 96.1 Å². The lowest BCUT2D eigenvalue weighted by molar-refractivity contribution is 0.0955. The molecule has 1 amide bonds. The van der Waals surface area contributed by atoms with Crippen LogP contribution in [0.4, 0.5) is 4.39 Å². The molecule has 30 heavy (non-hydrogen) atoms. The molecule has 0 aliphatic rings. The molecule has 0 radical (unpaired) electrons. The van der Waals surface area contributed by atoms with Crippen molar-refractivity contribution in [3.05, 3.63) is 114 Å². The average Bonchev–Trinajstić information content (AvgIpc) is 2.80. The van der Waals surface area contributed by atoms with Crippen LogP contribution in [0, 0.1) is 5.82 Å². The maximum atomic E-state index is 13.1. The highest BCUT2D eigenvalue weighted by molar-refractivity contribution is 6.03. The van der Waals surface area contributed by atoms with Crippen LogP contribution in [0.2, 0.25) is 0 Å². The molecule has 0 atom stereocenters. The van der Waals surface area contributed by atoms with Gasteiger partial charge in [0.1, 0.15) is 18.2 Å². The molecule has 1 N–H and O–H groups in total. The number of carbonyl (C=O) groups excluding carboxylic acids is 1. The Bertz CT molecular complexity index is 1190. The number of hydrogen-bond acceptors (Lipinski definition) is 3. The Morgan fingerprint density at radius 2 is 1.63 bits per heavy atom. The van der Waals surface area contributed by atoms with Crippen LogP contribution >= 0.6 is 0 Å². The summed E-state index contributed by atoms with van der Waals surface area (Å²) in [7, 11) is 0. The topological polar surface area (TPSA) is 50.7 Å². The molecule has 4 aromatic carbocycles. The molecule has 0 aliphatic heterocycles. The van der Waals surface area contributed by atoms with E-state index < -0.39 is 0 Å². The van der Waals surface area contributed by atoms with Crippen LogP contribution in [-0.2, 0) is 6.61 Å². The Kier molecular flexibility index (Phi) is 5.80. The predicted octanol–water partition coefficient (Wildman–Crippen LogP) is 5.32. The van der Waals surface area contributed by atoms with Crippen molar-refractivity contribution in [3.8, 4) is 5.75 Å². The summed E-state index contributed by atoms with van der Waals surface area (Å²) in [6.45, 7) is 0.288. The average molecular weight is 398 g/mol. The van der Waals surface area contributed by atoms with Crippen molar-refractivity contribution in [1.29, 1.82) is 0 Å². The lowest BCUT2D eigenvalue weighted by atomic mass is 10.0. The van der Waals surface area contributed by atoms with E-state index in [2.05, 4.69) is 10.5 Å². The molecule has 0 unspecified atom stereocenters. The number of benzene rings is 4. The third kappa shape index (κ3) is 4.52. The van der Waals surface area contributed by atoms with Crippen molar-refractivity contribution in [2.45, 2.75) is 6.61 Å². The summed E-state index contributed by atoms with van der Waals surface area (Å²) in [6, 6.07) is 26.8. The van der Waals surface area contributed by atoms with Gasteiger partial charge < -0.3 is 4.74 Å². The standard InChI is InChI=1S/C25H19FN2O2/c26-21-13-10-18(11-14-21)17-30-24-15-12-19-6-4-5-9-22(19)23(24)16-27-28-25(29)20-7-2-1-3-8-20/h1-16H,17H2,(H,28,29)/b27-16+. The maximum absolute atomic E-state index is 13.1. The van der Waals surface area contributed by atoms with Crippen LogP contribution in [0.5, 0.6) is 5.75 Å². The minimum Gasteiger partial charge on any atom is -0.488 e. The highest BCUT2D eigenvalue weighted by Crippen LogP contribution is 2.27. The van der Waals surface area contributed by atoms with Crippen LogP contribution in [0.3, 0.4) is 0 Å². The molecule has 4 nitrogen and oxygen atoms in total. The monoisotopic (exact) mass is 398 g/mol. The van der Waals surface area contributed by atoms with Crippen molar-refractivity contribution in [2.75, 3.05) is 0 Å². The molecule has 0 aromatic heterocycles. The van der Waals surface area contributed by atoms with Gasteiger partial charge in [-0.05, 0) is 46.7 Å². The van der Waals surface area contributed by atoms with E-state index in [0.29, 0.717) is 11.3 Å². The van der Waals surface area contributed by atoms with E-state index in [-0.39, 0.29) is 18.3 Å². The predicted molar refractivity (Wildman–Crippen MR) is 116 cm³/mol. The van der Waals surface area contributed by atoms with Crippen molar-refractivity contribution >= 4 is 22.9 Å². The van der Waals surface area contributed by atoms with E-state index in [1.54, 1.807) is 42.6 Å². The quantitative estimate of drug-likeness (QED) is 0.353. The second kappa shape index (κ2) is 9.01. The minimum absolute atomic E-state index is 0.286. The van der Waals surface area contributed by atoms with E-state index in [1.165, 1.54) is 12.1 Å². The van der Waals surface area contributed by atoms with E-state index in [0.717, 1.165) is 21.9 Å². The van der Waals surface area contributed by atoms with Gasteiger partial charge in [0.05, 0.1) is 6.21 Å². The van der Waals surface area contributed by atoms with Crippen molar-refractivity contribution < 1.29 is 13.9 Å². The van der Waals surface area contributed by atoms with Crippen LogP contribution in [-0.4, -0.2) is 12.1 Å². The van der Waals surface area contributed by atoms with Gasteiger partial charge in [0.2, 0.25) is 0 Å². The zero-order valence-corrected chi connectivity index (χ0v) is 16.1. The number of amides is 1. The van der Waals surface area contributed by atoms with Crippen molar-refractivity contribution in [2.24, 2.45) is 5.10 Å². The van der Waals surface area contributed by atoms with Crippen molar-refractivity contribution in [1.82, 2.24) is 5.43 Å². The second-order valence-corrected chi connectivity index (χ2v) is 6.68. The van der Waals surface area contributed by atoms with E-state index in [9.17, 15) is 9.18 Å². The normalized spacial score (nSPS) is 11.0. The fourth-order valence-corrected chi connectivity index (χ4v) is 3.09. The molecule has 4 rings (SSSR count). The number of carbonyl (C=O) groups is 1. The van der Waals surface area contributed by atoms with Crippen LogP contribution in [0.25, 0.3) is 10.8 Å². The van der Waals surface area contributed by atoms with Crippen molar-refractivity contribution in [3.63, 3.8) is 0 Å². The molecule has 0 fully saturated rings. The van der Waals surface area contributed by atoms with Gasteiger partial charge in [-0.1, -0.05) is 60.7 Å². The molecule has 0 bridgehead atoms. The highest BCUT2D eigenvalue weighted by Gasteiger charge is 2.09. The first-order valence-electron chi connectivity index (χ1n) is 9.48. The molecule has 0 saturated heterocycles. The lowest BCUT2D eigenvalue weighted by Gasteiger charge is -2.12. The summed E-state index contributed by atoms with van der Waals surface area (Å²) in [5.41, 5.74) is 4.69. The molecule has 148 valence electrons. The first-order valence-corrected chi connectivity index (χ1v) is 9.48. The van der Waals surface area contributed by atoms with Gasteiger partial charge in [0, 0.05) is 11.1 Å². The molecule has 0 heterocycles. The van der Waals surface area contributed by atoms with Gasteiger partial charge in [-0.3, -0.25) is 4.79 Å². The molecule has 0 aliphatic carbocycles. The van der Waals surface area contributed by atoms with Gasteiger partial charge in [-0.2, -0.15) is 5.10 Å². The zero-order chi connectivity index (χ0) is 20.8. The molecule has 0 saturated carbocycles. The third-order valence-electron chi connectivity index (χ3n) is 4.63. The Morgan fingerprint density at radius 3 is 2.43 bits per heavy atom. The number of nitrogens with one attached hydrogen (secondary N) is 1. The summed E-state index contributed by atoms with van der Waals surface area (Å²) >= 11 is 0. The molecular weight excluding hydrogens is 379 g/mol. The number of halogens is 1. The largest absolute Gasteiger partial charge is 0.488 e. The maximum Gasteiger partial charge on any atom is 0.271 e. The van der Waals surface area contributed by atoms with E-state index >= 15 is 0 Å². The Labute approximate surface area is 173 Å². The van der Waals surface area contributed by atoms with E-state index in [1.807, 2.05) is 42.5 Å². The lowest BCUT2D eigenvalue weighted by Crippen LogP contribution is -2.17. The fraction of sp³-hybridized carbons (Fsp3) is 0.0400. The smallest absolute Gasteiger partial charge is 0.271 e. The highest BCUT2D eigenvalue weighted by atomic mass is 19.1. The first kappa shape index (κ1) is 19.3. The van der Waals surface area contributed by atoms with Crippen LogP contribution in [0.1, 0.15) is 21.5 Å². The number of rotatable bonds is 6. The van der Waals surface area contributed by atoms with E-state index in [4.69, 9.17) is 4.74 Å². The zero-order valence-electron chi connectivity index (χ0n) is 16.1. The number of ether oxygens (including phenoxy) is 1. The number of hydrazone groups is 1. The summed E-state index contributed by atoms with van der Waals surface area (Å²) in [5, 5.41) is 6.12. The molecule has 5 heteroatoms. The second-order valence-electron chi connectivity index (χ2n) is 6.68.